The molecule has 2 aliphatic heterocycles. The molecule has 168 valence electrons. The molecular weight excluding hydrogens is 424 g/mol. The van der Waals surface area contributed by atoms with E-state index < -0.39 is 11.1 Å². The second-order valence-corrected chi connectivity index (χ2v) is 9.37. The van der Waals surface area contributed by atoms with Gasteiger partial charge in [-0.15, -0.1) is 0 Å². The highest BCUT2D eigenvalue weighted by Gasteiger charge is 2.37. The van der Waals surface area contributed by atoms with Crippen molar-refractivity contribution >= 4 is 45.7 Å². The van der Waals surface area contributed by atoms with Crippen LogP contribution in [-0.4, -0.2) is 53.1 Å². The third-order valence-electron chi connectivity index (χ3n) is 5.97. The molecule has 3 amide bonds. The highest BCUT2D eigenvalue weighted by Crippen LogP contribution is 2.37. The molecule has 0 N–H and O–H groups in total. The van der Waals surface area contributed by atoms with Gasteiger partial charge in [0.25, 0.3) is 11.1 Å². The molecule has 0 saturated carbocycles. The SMILES string of the molecule is CCCOc1ccc2ccccc2c1/C=C1\SC(=O)N(CC(=O)N2CCC(C)CC2)C1=O. The second kappa shape index (κ2) is 9.77. The van der Waals surface area contributed by atoms with Gasteiger partial charge in [-0.1, -0.05) is 44.2 Å². The lowest BCUT2D eigenvalue weighted by atomic mass is 9.99. The lowest BCUT2D eigenvalue weighted by Crippen LogP contribution is -2.45. The largest absolute Gasteiger partial charge is 0.493 e. The van der Waals surface area contributed by atoms with Crippen molar-refractivity contribution in [2.45, 2.75) is 33.1 Å². The van der Waals surface area contributed by atoms with E-state index in [0.29, 0.717) is 36.3 Å². The van der Waals surface area contributed by atoms with Crippen LogP contribution in [0.5, 0.6) is 5.75 Å². The molecule has 2 aromatic rings. The van der Waals surface area contributed by atoms with Crippen molar-refractivity contribution in [3.63, 3.8) is 0 Å². The molecule has 7 heteroatoms. The minimum absolute atomic E-state index is 0.169. The van der Waals surface area contributed by atoms with Crippen LogP contribution >= 0.6 is 11.8 Å². The smallest absolute Gasteiger partial charge is 0.294 e. The number of thioether (sulfide) groups is 1. The van der Waals surface area contributed by atoms with Crippen molar-refractivity contribution in [2.24, 2.45) is 5.92 Å². The van der Waals surface area contributed by atoms with Gasteiger partial charge in [0, 0.05) is 18.7 Å². The summed E-state index contributed by atoms with van der Waals surface area (Å²) in [5, 5.41) is 1.57. The molecule has 2 fully saturated rings. The maximum absolute atomic E-state index is 13.1. The highest BCUT2D eigenvalue weighted by molar-refractivity contribution is 8.18. The zero-order valence-electron chi connectivity index (χ0n) is 18.5. The molecule has 0 aromatic heterocycles. The Balaban J connectivity index is 1.59. The summed E-state index contributed by atoms with van der Waals surface area (Å²) in [7, 11) is 0. The predicted octanol–water partition coefficient (Wildman–Crippen LogP) is 4.92. The molecule has 0 unspecified atom stereocenters. The fourth-order valence-corrected chi connectivity index (χ4v) is 4.84. The lowest BCUT2D eigenvalue weighted by molar-refractivity contribution is -0.136. The van der Waals surface area contributed by atoms with Crippen molar-refractivity contribution in [2.75, 3.05) is 26.2 Å². The van der Waals surface area contributed by atoms with Crippen molar-refractivity contribution in [1.82, 2.24) is 9.80 Å². The van der Waals surface area contributed by atoms with Crippen molar-refractivity contribution < 1.29 is 19.1 Å². The Morgan fingerprint density at radius 2 is 1.91 bits per heavy atom. The van der Waals surface area contributed by atoms with E-state index in [9.17, 15) is 14.4 Å². The van der Waals surface area contributed by atoms with Gasteiger partial charge in [0.2, 0.25) is 5.91 Å². The van der Waals surface area contributed by atoms with Crippen LogP contribution in [0, 0.1) is 5.92 Å². The van der Waals surface area contributed by atoms with Crippen molar-refractivity contribution in [1.29, 1.82) is 0 Å². The third kappa shape index (κ3) is 4.67. The van der Waals surface area contributed by atoms with Gasteiger partial charge < -0.3 is 9.64 Å². The number of hydrogen-bond acceptors (Lipinski definition) is 5. The number of ether oxygens (including phenoxy) is 1. The molecule has 6 nitrogen and oxygen atoms in total. The molecule has 0 radical (unpaired) electrons. The van der Waals surface area contributed by atoms with Crippen LogP contribution in [0.25, 0.3) is 16.8 Å². The highest BCUT2D eigenvalue weighted by atomic mass is 32.2. The van der Waals surface area contributed by atoms with Gasteiger partial charge in [0.05, 0.1) is 11.5 Å². The van der Waals surface area contributed by atoms with Gasteiger partial charge >= 0.3 is 0 Å². The fourth-order valence-electron chi connectivity index (χ4n) is 4.02. The first-order valence-corrected chi connectivity index (χ1v) is 12.0. The summed E-state index contributed by atoms with van der Waals surface area (Å²) in [6.07, 6.45) is 4.50. The summed E-state index contributed by atoms with van der Waals surface area (Å²) in [5.41, 5.74) is 0.776. The molecular formula is C25H28N2O4S. The molecule has 0 bridgehead atoms. The summed E-state index contributed by atoms with van der Waals surface area (Å²) < 4.78 is 5.92. The van der Waals surface area contributed by atoms with Gasteiger partial charge in [-0.05, 0) is 59.9 Å². The van der Waals surface area contributed by atoms with E-state index in [4.69, 9.17) is 4.74 Å². The number of carbonyl (C=O) groups excluding carboxylic acids is 3. The number of benzene rings is 2. The summed E-state index contributed by atoms with van der Waals surface area (Å²) in [6.45, 7) is 5.93. The average Bonchev–Trinajstić information content (AvgIpc) is 3.06. The van der Waals surface area contributed by atoms with Crippen LogP contribution in [0.15, 0.2) is 41.3 Å². The van der Waals surface area contributed by atoms with E-state index in [1.54, 1.807) is 11.0 Å². The number of fused-ring (bicyclic) bond motifs is 1. The fraction of sp³-hybridized carbons (Fsp3) is 0.400. The predicted molar refractivity (Wildman–Crippen MR) is 127 cm³/mol. The Bertz CT molecular complexity index is 1070. The van der Waals surface area contributed by atoms with Gasteiger partial charge in [0.15, 0.2) is 0 Å². The van der Waals surface area contributed by atoms with E-state index in [2.05, 4.69) is 6.92 Å². The van der Waals surface area contributed by atoms with E-state index in [-0.39, 0.29) is 12.5 Å². The Labute approximate surface area is 192 Å². The molecule has 0 spiro atoms. The molecule has 4 rings (SSSR count). The molecule has 2 saturated heterocycles. The Kier molecular flexibility index (Phi) is 6.84. The van der Waals surface area contributed by atoms with Gasteiger partial charge in [-0.3, -0.25) is 19.3 Å². The Morgan fingerprint density at radius 3 is 2.66 bits per heavy atom. The van der Waals surface area contributed by atoms with E-state index in [1.165, 1.54) is 0 Å². The van der Waals surface area contributed by atoms with Gasteiger partial charge in [-0.25, -0.2) is 0 Å². The second-order valence-electron chi connectivity index (χ2n) is 8.38. The quantitative estimate of drug-likeness (QED) is 0.582. The Morgan fingerprint density at radius 1 is 1.16 bits per heavy atom. The minimum atomic E-state index is -0.423. The number of likely N-dealkylation sites (tertiary alicyclic amines) is 1. The molecule has 0 aliphatic carbocycles. The lowest BCUT2D eigenvalue weighted by Gasteiger charge is -2.31. The number of nitrogens with zero attached hydrogens (tertiary/aromatic N) is 2. The van der Waals surface area contributed by atoms with Crippen LogP contribution in [-0.2, 0) is 9.59 Å². The number of piperidine rings is 1. The maximum atomic E-state index is 13.1. The first-order chi connectivity index (χ1) is 15.5. The number of rotatable bonds is 6. The van der Waals surface area contributed by atoms with E-state index in [0.717, 1.165) is 52.3 Å². The molecule has 2 aliphatic rings. The third-order valence-corrected chi connectivity index (χ3v) is 6.88. The summed E-state index contributed by atoms with van der Waals surface area (Å²) in [6, 6.07) is 11.8. The van der Waals surface area contributed by atoms with E-state index >= 15 is 0 Å². The average molecular weight is 453 g/mol. The van der Waals surface area contributed by atoms with Crippen LogP contribution in [0.4, 0.5) is 4.79 Å². The van der Waals surface area contributed by atoms with Crippen molar-refractivity contribution in [3.05, 3.63) is 46.9 Å². The molecule has 32 heavy (non-hydrogen) atoms. The van der Waals surface area contributed by atoms with Crippen LogP contribution in [0.2, 0.25) is 0 Å². The molecule has 2 heterocycles. The zero-order valence-corrected chi connectivity index (χ0v) is 19.3. The van der Waals surface area contributed by atoms with Crippen LogP contribution in [0.1, 0.15) is 38.7 Å². The number of imide groups is 1. The van der Waals surface area contributed by atoms with Gasteiger partial charge in [0.1, 0.15) is 12.3 Å². The number of carbonyl (C=O) groups is 3. The van der Waals surface area contributed by atoms with Crippen LogP contribution < -0.4 is 4.74 Å². The number of amides is 3. The molecule has 0 atom stereocenters. The summed E-state index contributed by atoms with van der Waals surface area (Å²) in [5.74, 6) is 0.686. The zero-order chi connectivity index (χ0) is 22.7. The van der Waals surface area contributed by atoms with Gasteiger partial charge in [-0.2, -0.15) is 0 Å². The standard InChI is InChI=1S/C25H28N2O4S/c1-3-14-31-21-9-8-18-6-4-5-7-19(18)20(21)15-22-24(29)27(25(30)32-22)16-23(28)26-12-10-17(2)11-13-26/h4-9,15,17H,3,10-14,16H2,1-2H3/b22-15-. The summed E-state index contributed by atoms with van der Waals surface area (Å²) >= 11 is 0.879. The topological polar surface area (TPSA) is 66.9 Å². The maximum Gasteiger partial charge on any atom is 0.294 e. The van der Waals surface area contributed by atoms with E-state index in [1.807, 2.05) is 43.3 Å². The monoisotopic (exact) mass is 452 g/mol. The normalized spacial score (nSPS) is 18.8. The minimum Gasteiger partial charge on any atom is -0.493 e. The van der Waals surface area contributed by atoms with Crippen molar-refractivity contribution in [3.8, 4) is 5.75 Å². The van der Waals surface area contributed by atoms with Crippen LogP contribution in [0.3, 0.4) is 0 Å². The molecule has 2 aromatic carbocycles. The first-order valence-electron chi connectivity index (χ1n) is 11.2. The number of hydrogen-bond donors (Lipinski definition) is 0. The Hall–Kier alpha value is -2.80. The first kappa shape index (κ1) is 22.4. The summed E-state index contributed by atoms with van der Waals surface area (Å²) in [4.78, 5) is 41.5.